The quantitative estimate of drug-likeness (QED) is 0.841. The molecule has 2 aromatic rings. The molecule has 5 heteroatoms. The number of rotatable bonds is 7. The van der Waals surface area contributed by atoms with Crippen LogP contribution in [0.3, 0.4) is 0 Å². The monoisotopic (exact) mass is 309 g/mol. The summed E-state index contributed by atoms with van der Waals surface area (Å²) in [5, 5.41) is 3.83. The maximum absolute atomic E-state index is 14.1. The minimum atomic E-state index is -0.254. The number of imidazole rings is 1. The third kappa shape index (κ3) is 4.29. The summed E-state index contributed by atoms with van der Waals surface area (Å²) in [6.45, 7) is 2.95. The van der Waals surface area contributed by atoms with Gasteiger partial charge >= 0.3 is 0 Å². The van der Waals surface area contributed by atoms with Gasteiger partial charge in [0.15, 0.2) is 0 Å². The standard InChI is InChI=1S/C16H21ClFN3/c1-3-8-19-15(6-7-16-20-9-10-21(16)2)13-5-4-12(17)11-14(13)18/h4-5,9-11,15,19H,3,6-8H2,1-2H3. The van der Waals surface area contributed by atoms with Gasteiger partial charge in [-0.15, -0.1) is 0 Å². The maximum Gasteiger partial charge on any atom is 0.129 e. The van der Waals surface area contributed by atoms with Crippen molar-refractivity contribution in [2.24, 2.45) is 7.05 Å². The molecule has 1 atom stereocenters. The fourth-order valence-corrected chi connectivity index (χ4v) is 2.54. The number of benzene rings is 1. The van der Waals surface area contributed by atoms with E-state index in [1.807, 2.05) is 17.8 Å². The Labute approximate surface area is 130 Å². The van der Waals surface area contributed by atoms with Gasteiger partial charge in [0.25, 0.3) is 0 Å². The predicted molar refractivity (Wildman–Crippen MR) is 84.0 cm³/mol. The van der Waals surface area contributed by atoms with Crippen LogP contribution in [-0.4, -0.2) is 16.1 Å². The van der Waals surface area contributed by atoms with E-state index in [2.05, 4.69) is 17.2 Å². The van der Waals surface area contributed by atoms with Crippen molar-refractivity contribution in [3.05, 3.63) is 52.8 Å². The first-order valence-electron chi connectivity index (χ1n) is 7.26. The van der Waals surface area contributed by atoms with E-state index in [9.17, 15) is 4.39 Å². The van der Waals surface area contributed by atoms with Crippen molar-refractivity contribution in [2.75, 3.05) is 6.54 Å². The van der Waals surface area contributed by atoms with Gasteiger partial charge in [-0.05, 0) is 31.5 Å². The second-order valence-electron chi connectivity index (χ2n) is 5.17. The van der Waals surface area contributed by atoms with Crippen LogP contribution in [0.5, 0.6) is 0 Å². The topological polar surface area (TPSA) is 29.9 Å². The molecule has 21 heavy (non-hydrogen) atoms. The summed E-state index contributed by atoms with van der Waals surface area (Å²) in [7, 11) is 1.97. The number of nitrogens with zero attached hydrogens (tertiary/aromatic N) is 2. The molecular formula is C16H21ClFN3. The Morgan fingerprint density at radius 1 is 1.43 bits per heavy atom. The molecule has 114 valence electrons. The SMILES string of the molecule is CCCNC(CCc1nccn1C)c1ccc(Cl)cc1F. The Kier molecular flexibility index (Phi) is 5.76. The third-order valence-electron chi connectivity index (χ3n) is 3.56. The van der Waals surface area contributed by atoms with E-state index >= 15 is 0 Å². The van der Waals surface area contributed by atoms with Crippen molar-refractivity contribution in [1.82, 2.24) is 14.9 Å². The van der Waals surface area contributed by atoms with Crippen LogP contribution < -0.4 is 5.32 Å². The minimum absolute atomic E-state index is 0.0288. The Balaban J connectivity index is 2.12. The molecule has 0 aliphatic rings. The summed E-state index contributed by atoms with van der Waals surface area (Å²) in [4.78, 5) is 4.32. The third-order valence-corrected chi connectivity index (χ3v) is 3.79. The van der Waals surface area contributed by atoms with E-state index in [1.54, 1.807) is 18.3 Å². The van der Waals surface area contributed by atoms with Crippen molar-refractivity contribution >= 4 is 11.6 Å². The number of hydrogen-bond acceptors (Lipinski definition) is 2. The molecule has 0 aliphatic heterocycles. The molecule has 0 spiro atoms. The lowest BCUT2D eigenvalue weighted by atomic mass is 10.0. The van der Waals surface area contributed by atoms with Crippen LogP contribution in [0.15, 0.2) is 30.6 Å². The summed E-state index contributed by atoms with van der Waals surface area (Å²) in [5.41, 5.74) is 0.669. The van der Waals surface area contributed by atoms with Gasteiger partial charge in [-0.25, -0.2) is 9.37 Å². The van der Waals surface area contributed by atoms with E-state index in [4.69, 9.17) is 11.6 Å². The first-order chi connectivity index (χ1) is 10.1. The zero-order valence-electron chi connectivity index (χ0n) is 12.4. The number of nitrogens with one attached hydrogen (secondary N) is 1. The highest BCUT2D eigenvalue weighted by Gasteiger charge is 2.16. The Morgan fingerprint density at radius 2 is 2.24 bits per heavy atom. The van der Waals surface area contributed by atoms with Crippen molar-refractivity contribution < 1.29 is 4.39 Å². The Hall–Kier alpha value is -1.39. The number of halogens is 2. The lowest BCUT2D eigenvalue weighted by molar-refractivity contribution is 0.468. The van der Waals surface area contributed by atoms with Gasteiger partial charge in [-0.1, -0.05) is 24.6 Å². The predicted octanol–water partition coefficient (Wildman–Crippen LogP) is 3.89. The molecule has 1 aromatic carbocycles. The van der Waals surface area contributed by atoms with Crippen LogP contribution in [0.2, 0.25) is 5.02 Å². The summed E-state index contributed by atoms with van der Waals surface area (Å²) in [5.74, 6) is 0.753. The van der Waals surface area contributed by atoms with Crippen LogP contribution in [-0.2, 0) is 13.5 Å². The van der Waals surface area contributed by atoms with E-state index in [-0.39, 0.29) is 11.9 Å². The normalized spacial score (nSPS) is 12.6. The van der Waals surface area contributed by atoms with Crippen LogP contribution in [0.25, 0.3) is 0 Å². The van der Waals surface area contributed by atoms with Crippen molar-refractivity contribution in [3.8, 4) is 0 Å². The van der Waals surface area contributed by atoms with E-state index in [1.165, 1.54) is 6.07 Å². The molecule has 3 nitrogen and oxygen atoms in total. The Morgan fingerprint density at radius 3 is 2.86 bits per heavy atom. The molecule has 0 fully saturated rings. The van der Waals surface area contributed by atoms with Gasteiger partial charge in [0, 0.05) is 42.5 Å². The molecule has 0 amide bonds. The van der Waals surface area contributed by atoms with Gasteiger partial charge < -0.3 is 9.88 Å². The molecule has 2 rings (SSSR count). The number of aromatic nitrogens is 2. The zero-order chi connectivity index (χ0) is 15.2. The summed E-state index contributed by atoms with van der Waals surface area (Å²) >= 11 is 5.83. The molecule has 0 bridgehead atoms. The van der Waals surface area contributed by atoms with Gasteiger partial charge in [0.1, 0.15) is 11.6 Å². The molecule has 0 radical (unpaired) electrons. The average Bonchev–Trinajstić information content (AvgIpc) is 2.85. The van der Waals surface area contributed by atoms with E-state index < -0.39 is 0 Å². The molecule has 0 saturated carbocycles. The molecule has 1 N–H and O–H groups in total. The second kappa shape index (κ2) is 7.57. The fraction of sp³-hybridized carbons (Fsp3) is 0.438. The zero-order valence-corrected chi connectivity index (χ0v) is 13.2. The van der Waals surface area contributed by atoms with E-state index in [0.29, 0.717) is 10.6 Å². The molecular weight excluding hydrogens is 289 g/mol. The van der Waals surface area contributed by atoms with Gasteiger partial charge in [0.2, 0.25) is 0 Å². The van der Waals surface area contributed by atoms with Crippen LogP contribution in [0, 0.1) is 5.82 Å². The van der Waals surface area contributed by atoms with Crippen molar-refractivity contribution in [1.29, 1.82) is 0 Å². The smallest absolute Gasteiger partial charge is 0.129 e. The summed E-state index contributed by atoms with van der Waals surface area (Å²) < 4.78 is 16.1. The maximum atomic E-state index is 14.1. The highest BCUT2D eigenvalue weighted by atomic mass is 35.5. The first-order valence-corrected chi connectivity index (χ1v) is 7.64. The van der Waals surface area contributed by atoms with Gasteiger partial charge in [-0.2, -0.15) is 0 Å². The molecule has 0 saturated heterocycles. The summed E-state index contributed by atoms with van der Waals surface area (Å²) in [6.07, 6.45) is 6.31. The fourth-order valence-electron chi connectivity index (χ4n) is 2.38. The van der Waals surface area contributed by atoms with Crippen molar-refractivity contribution in [2.45, 2.75) is 32.2 Å². The second-order valence-corrected chi connectivity index (χ2v) is 5.60. The van der Waals surface area contributed by atoms with Gasteiger partial charge in [0.05, 0.1) is 0 Å². The number of aryl methyl sites for hydroxylation is 2. The Bertz CT molecular complexity index is 583. The van der Waals surface area contributed by atoms with Gasteiger partial charge in [-0.3, -0.25) is 0 Å². The average molecular weight is 310 g/mol. The first kappa shape index (κ1) is 16.0. The van der Waals surface area contributed by atoms with Crippen LogP contribution >= 0.6 is 11.6 Å². The lowest BCUT2D eigenvalue weighted by Gasteiger charge is -2.19. The summed E-state index contributed by atoms with van der Waals surface area (Å²) in [6, 6.07) is 4.85. The van der Waals surface area contributed by atoms with Crippen LogP contribution in [0.1, 0.15) is 37.2 Å². The highest BCUT2D eigenvalue weighted by Crippen LogP contribution is 2.24. The van der Waals surface area contributed by atoms with E-state index in [0.717, 1.165) is 31.6 Å². The minimum Gasteiger partial charge on any atom is -0.338 e. The van der Waals surface area contributed by atoms with Crippen molar-refractivity contribution in [3.63, 3.8) is 0 Å². The molecule has 1 heterocycles. The largest absolute Gasteiger partial charge is 0.338 e. The molecule has 1 aromatic heterocycles. The van der Waals surface area contributed by atoms with Crippen LogP contribution in [0.4, 0.5) is 4.39 Å². The molecule has 0 aliphatic carbocycles. The lowest BCUT2D eigenvalue weighted by Crippen LogP contribution is -2.24. The highest BCUT2D eigenvalue weighted by molar-refractivity contribution is 6.30. The molecule has 1 unspecified atom stereocenters. The number of hydrogen-bond donors (Lipinski definition) is 1.